The predicted octanol–water partition coefficient (Wildman–Crippen LogP) is 2.41. The summed E-state index contributed by atoms with van der Waals surface area (Å²) in [5.41, 5.74) is 1.26. The molecule has 1 N–H and O–H groups in total. The van der Waals surface area contributed by atoms with Crippen molar-refractivity contribution in [3.8, 4) is 11.4 Å². The third-order valence-electron chi connectivity index (χ3n) is 4.77. The van der Waals surface area contributed by atoms with Crippen LogP contribution in [-0.4, -0.2) is 32.5 Å². The maximum atomic E-state index is 12.6. The normalized spacial score (nSPS) is 19.3. The largest absolute Gasteiger partial charge is 0.337 e. The van der Waals surface area contributed by atoms with Gasteiger partial charge in [0.05, 0.1) is 0 Å². The monoisotopic (exact) mass is 326 g/mol. The number of carbonyl (C=O) groups is 2. The molecule has 124 valence electrons. The van der Waals surface area contributed by atoms with Crippen molar-refractivity contribution in [2.24, 2.45) is 0 Å². The van der Waals surface area contributed by atoms with Crippen LogP contribution >= 0.6 is 0 Å². The van der Waals surface area contributed by atoms with Gasteiger partial charge in [-0.05, 0) is 19.8 Å². The van der Waals surface area contributed by atoms with Crippen LogP contribution in [0.5, 0.6) is 0 Å². The smallest absolute Gasteiger partial charge is 0.325 e. The molecule has 0 unspecified atom stereocenters. The molecule has 24 heavy (non-hydrogen) atoms. The lowest BCUT2D eigenvalue weighted by Gasteiger charge is -2.19. The lowest BCUT2D eigenvalue weighted by Crippen LogP contribution is -2.44. The fourth-order valence-corrected chi connectivity index (χ4v) is 3.41. The fourth-order valence-electron chi connectivity index (χ4n) is 3.41. The van der Waals surface area contributed by atoms with E-state index in [1.165, 1.54) is 4.90 Å². The number of rotatable bonds is 3. The van der Waals surface area contributed by atoms with Gasteiger partial charge in [-0.25, -0.2) is 4.79 Å². The second-order valence-electron chi connectivity index (χ2n) is 6.49. The first kappa shape index (κ1) is 14.9. The van der Waals surface area contributed by atoms with Gasteiger partial charge in [-0.3, -0.25) is 9.69 Å². The number of benzene rings is 1. The van der Waals surface area contributed by atoms with Crippen LogP contribution in [0.15, 0.2) is 28.8 Å². The Balaban J connectivity index is 1.53. The van der Waals surface area contributed by atoms with E-state index in [9.17, 15) is 9.59 Å². The first-order valence-corrected chi connectivity index (χ1v) is 8.11. The number of hydrogen-bond acceptors (Lipinski definition) is 5. The van der Waals surface area contributed by atoms with Crippen molar-refractivity contribution in [1.82, 2.24) is 20.4 Å². The lowest BCUT2D eigenvalue weighted by atomic mass is 9.98. The van der Waals surface area contributed by atoms with Crippen LogP contribution in [0.3, 0.4) is 0 Å². The maximum absolute atomic E-state index is 12.6. The van der Waals surface area contributed by atoms with E-state index in [1.54, 1.807) is 0 Å². The molecule has 2 aromatic rings. The summed E-state index contributed by atoms with van der Waals surface area (Å²) in [5, 5.41) is 6.78. The van der Waals surface area contributed by atoms with Crippen LogP contribution in [-0.2, 0) is 11.3 Å². The van der Waals surface area contributed by atoms with Gasteiger partial charge >= 0.3 is 6.03 Å². The summed E-state index contributed by atoms with van der Waals surface area (Å²) in [6.45, 7) is 2.01. The van der Waals surface area contributed by atoms with Crippen LogP contribution in [0.4, 0.5) is 4.79 Å². The Morgan fingerprint density at radius 2 is 1.92 bits per heavy atom. The quantitative estimate of drug-likeness (QED) is 0.875. The predicted molar refractivity (Wildman–Crippen MR) is 84.8 cm³/mol. The zero-order valence-electron chi connectivity index (χ0n) is 13.4. The molecule has 0 radical (unpaired) electrons. The molecule has 1 aliphatic carbocycles. The molecule has 1 aromatic heterocycles. The van der Waals surface area contributed by atoms with Crippen LogP contribution < -0.4 is 5.32 Å². The van der Waals surface area contributed by atoms with E-state index < -0.39 is 5.54 Å². The molecule has 0 atom stereocenters. The van der Waals surface area contributed by atoms with Crippen LogP contribution in [0.1, 0.15) is 37.1 Å². The minimum atomic E-state index is -0.711. The van der Waals surface area contributed by atoms with Crippen molar-refractivity contribution in [2.45, 2.75) is 44.7 Å². The Labute approximate surface area is 139 Å². The average Bonchev–Trinajstić information content (AvgIpc) is 3.27. The minimum absolute atomic E-state index is 0.00524. The second kappa shape index (κ2) is 5.43. The number of aryl methyl sites for hydroxylation is 1. The van der Waals surface area contributed by atoms with Crippen LogP contribution in [0, 0.1) is 6.92 Å². The molecule has 3 amide bonds. The summed E-state index contributed by atoms with van der Waals surface area (Å²) in [5.74, 6) is 0.525. The van der Waals surface area contributed by atoms with Crippen molar-refractivity contribution in [1.29, 1.82) is 0 Å². The number of hydrogen-bond donors (Lipinski definition) is 1. The van der Waals surface area contributed by atoms with Gasteiger partial charge in [0, 0.05) is 5.56 Å². The molecule has 1 saturated carbocycles. The zero-order valence-corrected chi connectivity index (χ0v) is 13.4. The molecule has 1 saturated heterocycles. The minimum Gasteiger partial charge on any atom is -0.337 e. The summed E-state index contributed by atoms with van der Waals surface area (Å²) in [6.07, 6.45) is 3.31. The molecule has 1 aliphatic heterocycles. The van der Waals surface area contributed by atoms with Gasteiger partial charge in [-0.15, -0.1) is 0 Å². The van der Waals surface area contributed by atoms with E-state index >= 15 is 0 Å². The van der Waals surface area contributed by atoms with Crippen molar-refractivity contribution >= 4 is 11.9 Å². The number of nitrogens with zero attached hydrogens (tertiary/aromatic N) is 3. The van der Waals surface area contributed by atoms with Crippen molar-refractivity contribution in [3.63, 3.8) is 0 Å². The van der Waals surface area contributed by atoms with Gasteiger partial charge < -0.3 is 9.84 Å². The van der Waals surface area contributed by atoms with Gasteiger partial charge in [0.25, 0.3) is 5.91 Å². The summed E-state index contributed by atoms with van der Waals surface area (Å²) < 4.78 is 5.22. The Kier molecular flexibility index (Phi) is 3.37. The van der Waals surface area contributed by atoms with E-state index in [0.717, 1.165) is 24.0 Å². The zero-order chi connectivity index (χ0) is 16.7. The number of imide groups is 1. The molecule has 7 heteroatoms. The number of carbonyl (C=O) groups excluding carboxylic acids is 2. The summed E-state index contributed by atoms with van der Waals surface area (Å²) in [4.78, 5) is 30.3. The number of urea groups is 1. The molecule has 1 spiro atoms. The van der Waals surface area contributed by atoms with Gasteiger partial charge in [-0.2, -0.15) is 4.98 Å². The Morgan fingerprint density at radius 1 is 1.21 bits per heavy atom. The first-order valence-electron chi connectivity index (χ1n) is 8.11. The molecule has 2 fully saturated rings. The van der Waals surface area contributed by atoms with Crippen LogP contribution in [0.2, 0.25) is 0 Å². The molecule has 2 aliphatic rings. The van der Waals surface area contributed by atoms with Gasteiger partial charge in [0.2, 0.25) is 11.7 Å². The highest BCUT2D eigenvalue weighted by atomic mass is 16.5. The summed E-state index contributed by atoms with van der Waals surface area (Å²) >= 11 is 0. The van der Waals surface area contributed by atoms with E-state index in [0.29, 0.717) is 18.7 Å². The third kappa shape index (κ3) is 2.36. The van der Waals surface area contributed by atoms with Crippen molar-refractivity contribution in [3.05, 3.63) is 35.7 Å². The fraction of sp³-hybridized carbons (Fsp3) is 0.412. The Bertz CT molecular complexity index is 790. The Morgan fingerprint density at radius 3 is 2.62 bits per heavy atom. The van der Waals surface area contributed by atoms with E-state index in [4.69, 9.17) is 4.52 Å². The molecular formula is C17H18N4O3. The first-order chi connectivity index (χ1) is 11.6. The average molecular weight is 326 g/mol. The SMILES string of the molecule is Cc1ccc(-c2noc(CN3C(=O)NC4(CCCC4)C3=O)n2)cc1. The summed E-state index contributed by atoms with van der Waals surface area (Å²) in [6, 6.07) is 7.37. The van der Waals surface area contributed by atoms with Gasteiger partial charge in [0.1, 0.15) is 12.1 Å². The highest BCUT2D eigenvalue weighted by Gasteiger charge is 2.52. The second-order valence-corrected chi connectivity index (χ2v) is 6.49. The lowest BCUT2D eigenvalue weighted by molar-refractivity contribution is -0.131. The standard InChI is InChI=1S/C17H18N4O3/c1-11-4-6-12(7-5-11)14-18-13(24-20-14)10-21-15(22)17(19-16(21)23)8-2-3-9-17/h4-7H,2-3,8-10H2,1H3,(H,19,23). The molecule has 2 heterocycles. The van der Waals surface area contributed by atoms with Crippen molar-refractivity contribution in [2.75, 3.05) is 0 Å². The molecule has 4 rings (SSSR count). The Hall–Kier alpha value is -2.70. The topological polar surface area (TPSA) is 88.3 Å². The molecule has 0 bridgehead atoms. The summed E-state index contributed by atoms with van der Waals surface area (Å²) in [7, 11) is 0. The number of amides is 3. The van der Waals surface area contributed by atoms with E-state index in [2.05, 4.69) is 15.5 Å². The highest BCUT2D eigenvalue weighted by molar-refractivity contribution is 6.07. The van der Waals surface area contributed by atoms with E-state index in [-0.39, 0.29) is 24.4 Å². The van der Waals surface area contributed by atoms with E-state index in [1.807, 2.05) is 31.2 Å². The number of aromatic nitrogens is 2. The van der Waals surface area contributed by atoms with Gasteiger partial charge in [0.15, 0.2) is 0 Å². The third-order valence-corrected chi connectivity index (χ3v) is 4.77. The highest BCUT2D eigenvalue weighted by Crippen LogP contribution is 2.35. The molecule has 1 aromatic carbocycles. The maximum Gasteiger partial charge on any atom is 0.325 e. The van der Waals surface area contributed by atoms with Gasteiger partial charge in [-0.1, -0.05) is 47.8 Å². The van der Waals surface area contributed by atoms with Crippen LogP contribution in [0.25, 0.3) is 11.4 Å². The molecular weight excluding hydrogens is 308 g/mol. The molecule has 7 nitrogen and oxygen atoms in total. The number of nitrogens with one attached hydrogen (secondary N) is 1. The van der Waals surface area contributed by atoms with Crippen molar-refractivity contribution < 1.29 is 14.1 Å².